The summed E-state index contributed by atoms with van der Waals surface area (Å²) in [5, 5.41) is 0. The molecule has 0 aromatic carbocycles. The number of rotatable bonds is 4. The standard InChI is InChI=1S/C13H25NO2S/c1-6-8-13(10-16-9-7-11(13)2)14-17(15)12(3,4)5/h6,11,14H,1,7-10H2,2-5H3/t11-,13+,17?/m0/s1. The molecule has 4 heteroatoms. The minimum absolute atomic E-state index is 0.224. The van der Waals surface area contributed by atoms with Gasteiger partial charge in [0, 0.05) is 18.0 Å². The summed E-state index contributed by atoms with van der Waals surface area (Å²) < 4.78 is 20.9. The van der Waals surface area contributed by atoms with E-state index in [2.05, 4.69) is 18.2 Å². The molecule has 1 aliphatic rings. The van der Waals surface area contributed by atoms with Crippen molar-refractivity contribution in [3.05, 3.63) is 12.7 Å². The smallest absolute Gasteiger partial charge is 0.136 e. The summed E-state index contributed by atoms with van der Waals surface area (Å²) in [7, 11) is 0. The topological polar surface area (TPSA) is 44.3 Å². The summed E-state index contributed by atoms with van der Waals surface area (Å²) in [5.41, 5.74) is -0.224. The fourth-order valence-electron chi connectivity index (χ4n) is 1.96. The van der Waals surface area contributed by atoms with Crippen molar-refractivity contribution in [3.63, 3.8) is 0 Å². The molecule has 0 spiro atoms. The van der Waals surface area contributed by atoms with Gasteiger partial charge in [0.15, 0.2) is 0 Å². The minimum atomic E-state index is -1.07. The molecule has 0 aromatic heterocycles. The van der Waals surface area contributed by atoms with E-state index in [0.29, 0.717) is 12.5 Å². The van der Waals surface area contributed by atoms with Gasteiger partial charge in [-0.15, -0.1) is 11.3 Å². The van der Waals surface area contributed by atoms with Crippen LogP contribution in [0.1, 0.15) is 40.5 Å². The van der Waals surface area contributed by atoms with Gasteiger partial charge in [0.1, 0.15) is 4.75 Å². The molecule has 0 radical (unpaired) electrons. The van der Waals surface area contributed by atoms with Gasteiger partial charge in [-0.1, -0.05) is 13.0 Å². The van der Waals surface area contributed by atoms with Crippen LogP contribution >= 0.6 is 0 Å². The monoisotopic (exact) mass is 259 g/mol. The SMILES string of the molecule is C=CC[C@@]1(N[S+]([O-])C(C)(C)C)COCC[C@@H]1C. The van der Waals surface area contributed by atoms with E-state index in [0.717, 1.165) is 19.4 Å². The van der Waals surface area contributed by atoms with E-state index < -0.39 is 11.4 Å². The second kappa shape index (κ2) is 5.74. The van der Waals surface area contributed by atoms with Crippen LogP contribution in [0.2, 0.25) is 0 Å². The minimum Gasteiger partial charge on any atom is -0.598 e. The molecular formula is C13H25NO2S. The Bertz CT molecular complexity index is 265. The van der Waals surface area contributed by atoms with Crippen LogP contribution in [0.25, 0.3) is 0 Å². The molecule has 1 rings (SSSR count). The van der Waals surface area contributed by atoms with Crippen LogP contribution in [0.3, 0.4) is 0 Å². The van der Waals surface area contributed by atoms with Gasteiger partial charge in [-0.3, -0.25) is 0 Å². The van der Waals surface area contributed by atoms with Crippen LogP contribution in [-0.2, 0) is 16.1 Å². The zero-order valence-electron chi connectivity index (χ0n) is 11.4. The van der Waals surface area contributed by atoms with Crippen molar-refractivity contribution in [2.24, 2.45) is 5.92 Å². The molecular weight excluding hydrogens is 234 g/mol. The Morgan fingerprint density at radius 2 is 2.24 bits per heavy atom. The Hall–Kier alpha value is -0.0300. The molecule has 0 aromatic rings. The zero-order chi connectivity index (χ0) is 13.1. The third kappa shape index (κ3) is 3.71. The number of nitrogens with one attached hydrogen (secondary N) is 1. The highest BCUT2D eigenvalue weighted by Gasteiger charge is 2.44. The number of ether oxygens (including phenoxy) is 1. The van der Waals surface area contributed by atoms with E-state index in [4.69, 9.17) is 4.74 Å². The van der Waals surface area contributed by atoms with Crippen molar-refractivity contribution in [2.45, 2.75) is 50.8 Å². The lowest BCUT2D eigenvalue weighted by Gasteiger charge is -2.43. The first-order chi connectivity index (χ1) is 7.82. The molecule has 0 saturated carbocycles. The van der Waals surface area contributed by atoms with Crippen molar-refractivity contribution < 1.29 is 9.29 Å². The van der Waals surface area contributed by atoms with Crippen molar-refractivity contribution in [1.29, 1.82) is 0 Å². The molecule has 0 bridgehead atoms. The van der Waals surface area contributed by atoms with Crippen molar-refractivity contribution in [3.8, 4) is 0 Å². The maximum absolute atomic E-state index is 12.3. The second-order valence-corrected chi connectivity index (χ2v) is 7.84. The molecule has 17 heavy (non-hydrogen) atoms. The predicted octanol–water partition coefficient (Wildman–Crippen LogP) is 2.41. The van der Waals surface area contributed by atoms with Gasteiger partial charge in [-0.05, 0) is 39.5 Å². The molecule has 3 nitrogen and oxygen atoms in total. The van der Waals surface area contributed by atoms with Crippen LogP contribution in [0, 0.1) is 5.92 Å². The molecule has 0 aliphatic carbocycles. The second-order valence-electron chi connectivity index (χ2n) is 5.87. The molecule has 1 aliphatic heterocycles. The highest BCUT2D eigenvalue weighted by Crippen LogP contribution is 2.31. The predicted molar refractivity (Wildman–Crippen MR) is 73.2 cm³/mol. The average Bonchev–Trinajstić information content (AvgIpc) is 2.21. The lowest BCUT2D eigenvalue weighted by molar-refractivity contribution is -0.00252. The van der Waals surface area contributed by atoms with Crippen LogP contribution < -0.4 is 4.72 Å². The lowest BCUT2D eigenvalue weighted by atomic mass is 9.80. The van der Waals surface area contributed by atoms with E-state index in [1.165, 1.54) is 0 Å². The Morgan fingerprint density at radius 1 is 1.59 bits per heavy atom. The molecule has 3 atom stereocenters. The molecule has 1 fully saturated rings. The highest BCUT2D eigenvalue weighted by molar-refractivity contribution is 7.90. The molecule has 1 unspecified atom stereocenters. The fraction of sp³-hybridized carbons (Fsp3) is 0.846. The Balaban J connectivity index is 2.80. The summed E-state index contributed by atoms with van der Waals surface area (Å²) in [4.78, 5) is 0. The van der Waals surface area contributed by atoms with Gasteiger partial charge in [0.2, 0.25) is 0 Å². The van der Waals surface area contributed by atoms with Crippen LogP contribution in [0.4, 0.5) is 0 Å². The lowest BCUT2D eigenvalue weighted by Crippen LogP contribution is -2.60. The van der Waals surface area contributed by atoms with E-state index in [1.54, 1.807) is 0 Å². The maximum Gasteiger partial charge on any atom is 0.136 e. The molecule has 1 saturated heterocycles. The third-order valence-corrected chi connectivity index (χ3v) is 5.06. The van der Waals surface area contributed by atoms with E-state index in [1.807, 2.05) is 26.8 Å². The highest BCUT2D eigenvalue weighted by atomic mass is 32.2. The number of hydrogen-bond acceptors (Lipinski definition) is 3. The average molecular weight is 259 g/mol. The normalized spacial score (nSPS) is 32.2. The third-order valence-electron chi connectivity index (χ3n) is 3.36. The molecule has 1 N–H and O–H groups in total. The zero-order valence-corrected chi connectivity index (χ0v) is 12.2. The van der Waals surface area contributed by atoms with E-state index in [-0.39, 0.29) is 10.3 Å². The Labute approximate surface area is 108 Å². The largest absolute Gasteiger partial charge is 0.598 e. The first kappa shape index (κ1) is 15.0. The molecule has 100 valence electrons. The summed E-state index contributed by atoms with van der Waals surface area (Å²) in [6.07, 6.45) is 3.68. The summed E-state index contributed by atoms with van der Waals surface area (Å²) in [6.45, 7) is 13.3. The summed E-state index contributed by atoms with van der Waals surface area (Å²) in [6, 6.07) is 0. The van der Waals surface area contributed by atoms with Crippen LogP contribution in [-0.4, -0.2) is 28.1 Å². The van der Waals surface area contributed by atoms with Gasteiger partial charge in [-0.25, -0.2) is 0 Å². The summed E-state index contributed by atoms with van der Waals surface area (Å²) >= 11 is -1.07. The van der Waals surface area contributed by atoms with Gasteiger partial charge in [0.05, 0.1) is 12.1 Å². The van der Waals surface area contributed by atoms with E-state index in [9.17, 15) is 4.55 Å². The molecule has 1 heterocycles. The Morgan fingerprint density at radius 3 is 2.71 bits per heavy atom. The maximum atomic E-state index is 12.3. The van der Waals surface area contributed by atoms with E-state index >= 15 is 0 Å². The van der Waals surface area contributed by atoms with Gasteiger partial charge in [-0.2, -0.15) is 0 Å². The first-order valence-electron chi connectivity index (χ1n) is 6.20. The quantitative estimate of drug-likeness (QED) is 0.623. The van der Waals surface area contributed by atoms with Crippen molar-refractivity contribution >= 4 is 11.4 Å². The summed E-state index contributed by atoms with van der Waals surface area (Å²) in [5.74, 6) is 0.445. The van der Waals surface area contributed by atoms with Gasteiger partial charge in [0.25, 0.3) is 0 Å². The van der Waals surface area contributed by atoms with Crippen LogP contribution in [0.5, 0.6) is 0 Å². The van der Waals surface area contributed by atoms with Gasteiger partial charge >= 0.3 is 0 Å². The Kier molecular flexibility index (Phi) is 5.07. The van der Waals surface area contributed by atoms with Gasteiger partial charge < -0.3 is 9.29 Å². The van der Waals surface area contributed by atoms with Crippen molar-refractivity contribution in [2.75, 3.05) is 13.2 Å². The fourth-order valence-corrected chi connectivity index (χ4v) is 2.98. The first-order valence-corrected chi connectivity index (χ1v) is 7.35. The molecule has 0 amide bonds. The van der Waals surface area contributed by atoms with Crippen molar-refractivity contribution in [1.82, 2.24) is 4.72 Å². The number of hydrogen-bond donors (Lipinski definition) is 1. The van der Waals surface area contributed by atoms with Crippen LogP contribution in [0.15, 0.2) is 12.7 Å².